The molecule has 0 amide bonds. The third-order valence-electron chi connectivity index (χ3n) is 3.12. The third kappa shape index (κ3) is 3.93. The van der Waals surface area contributed by atoms with E-state index in [4.69, 9.17) is 27.9 Å². The molecule has 7 heteroatoms. The minimum absolute atomic E-state index is 0.118. The van der Waals surface area contributed by atoms with Crippen molar-refractivity contribution in [3.63, 3.8) is 0 Å². The summed E-state index contributed by atoms with van der Waals surface area (Å²) < 4.78 is 29.6. The molecule has 0 fully saturated rings. The second kappa shape index (κ2) is 6.87. The first-order valence-electron chi connectivity index (χ1n) is 6.33. The number of hydrogen-bond acceptors (Lipinski definition) is 4. The van der Waals surface area contributed by atoms with Crippen LogP contribution in [0.2, 0.25) is 10.0 Å². The molecule has 0 aromatic heterocycles. The zero-order chi connectivity index (χ0) is 16.3. The maximum Gasteiger partial charge on any atom is 0.181 e. The average Bonchev–Trinajstić information content (AvgIpc) is 2.49. The van der Waals surface area contributed by atoms with Crippen LogP contribution >= 0.6 is 23.2 Å². The predicted octanol–water partition coefficient (Wildman–Crippen LogP) is 3.51. The van der Waals surface area contributed by atoms with Gasteiger partial charge in [0.25, 0.3) is 0 Å². The van der Waals surface area contributed by atoms with E-state index in [9.17, 15) is 13.5 Å². The highest BCUT2D eigenvalue weighted by atomic mass is 35.5. The fraction of sp³-hybridized carbons (Fsp3) is 0.200. The first-order chi connectivity index (χ1) is 10.3. The molecule has 0 aliphatic rings. The molecule has 118 valence electrons. The first kappa shape index (κ1) is 17.1. The van der Waals surface area contributed by atoms with E-state index < -0.39 is 21.7 Å². The molecule has 0 spiro atoms. The van der Waals surface area contributed by atoms with Crippen LogP contribution in [-0.4, -0.2) is 26.4 Å². The van der Waals surface area contributed by atoms with Gasteiger partial charge in [-0.1, -0.05) is 29.3 Å². The average molecular weight is 361 g/mol. The van der Waals surface area contributed by atoms with Gasteiger partial charge in [-0.2, -0.15) is 0 Å². The number of hydrogen-bond donors (Lipinski definition) is 1. The van der Waals surface area contributed by atoms with E-state index in [1.165, 1.54) is 31.4 Å². The van der Waals surface area contributed by atoms with Crippen LogP contribution in [-0.2, 0) is 9.84 Å². The van der Waals surface area contributed by atoms with E-state index in [1.807, 2.05) is 0 Å². The summed E-state index contributed by atoms with van der Waals surface area (Å²) in [5, 5.41) is 10.7. The van der Waals surface area contributed by atoms with Crippen molar-refractivity contribution in [2.24, 2.45) is 0 Å². The Morgan fingerprint density at radius 1 is 1.09 bits per heavy atom. The van der Waals surface area contributed by atoms with Gasteiger partial charge >= 0.3 is 0 Å². The highest BCUT2D eigenvalue weighted by molar-refractivity contribution is 7.91. The van der Waals surface area contributed by atoms with Crippen molar-refractivity contribution in [2.75, 3.05) is 12.9 Å². The number of methoxy groups -OCH3 is 1. The maximum absolute atomic E-state index is 12.3. The molecule has 2 rings (SSSR count). The van der Waals surface area contributed by atoms with Crippen molar-refractivity contribution < 1.29 is 18.3 Å². The molecule has 0 bridgehead atoms. The monoisotopic (exact) mass is 360 g/mol. The Bertz CT molecular complexity index is 758. The van der Waals surface area contributed by atoms with Gasteiger partial charge in [0.15, 0.2) is 9.84 Å². The Hall–Kier alpha value is -1.27. The zero-order valence-corrected chi connectivity index (χ0v) is 14.0. The molecule has 2 aromatic rings. The molecule has 1 atom stereocenters. The number of benzene rings is 2. The summed E-state index contributed by atoms with van der Waals surface area (Å²) in [6, 6.07) is 10.5. The molecule has 0 heterocycles. The molecule has 0 aliphatic heterocycles. The molecule has 4 nitrogen and oxygen atoms in total. The normalized spacial score (nSPS) is 12.9. The SMILES string of the molecule is COc1ccc(S(=O)(=O)C[C@@H](O)c2ccc(Cl)c(Cl)c2)cc1. The predicted molar refractivity (Wildman–Crippen MR) is 86.5 cm³/mol. The summed E-state index contributed by atoms with van der Waals surface area (Å²) in [4.78, 5) is 0.118. The van der Waals surface area contributed by atoms with Gasteiger partial charge in [-0.3, -0.25) is 0 Å². The Morgan fingerprint density at radius 3 is 2.27 bits per heavy atom. The third-order valence-corrected chi connectivity index (χ3v) is 5.61. The van der Waals surface area contributed by atoms with Gasteiger partial charge < -0.3 is 9.84 Å². The van der Waals surface area contributed by atoms with Crippen LogP contribution in [0.3, 0.4) is 0 Å². The van der Waals surface area contributed by atoms with Crippen molar-refractivity contribution in [3.05, 3.63) is 58.1 Å². The second-order valence-electron chi connectivity index (χ2n) is 4.65. The highest BCUT2D eigenvalue weighted by Gasteiger charge is 2.21. The van der Waals surface area contributed by atoms with Crippen LogP contribution in [0.5, 0.6) is 5.75 Å². The number of sulfone groups is 1. The lowest BCUT2D eigenvalue weighted by Crippen LogP contribution is -2.14. The number of rotatable bonds is 5. The molecule has 0 aliphatic carbocycles. The van der Waals surface area contributed by atoms with Gasteiger partial charge in [0.1, 0.15) is 5.75 Å². The molecule has 2 aromatic carbocycles. The summed E-state index contributed by atoms with van der Waals surface area (Å²) in [5.74, 6) is 0.112. The van der Waals surface area contributed by atoms with E-state index in [0.29, 0.717) is 16.3 Å². The molecule has 1 N–H and O–H groups in total. The van der Waals surface area contributed by atoms with Crippen LogP contribution in [0.4, 0.5) is 0 Å². The van der Waals surface area contributed by atoms with Gasteiger partial charge in [0.05, 0.1) is 33.9 Å². The quantitative estimate of drug-likeness (QED) is 0.885. The van der Waals surface area contributed by atoms with Crippen LogP contribution in [0.15, 0.2) is 47.4 Å². The van der Waals surface area contributed by atoms with Gasteiger partial charge in [-0.15, -0.1) is 0 Å². The minimum atomic E-state index is -3.64. The Morgan fingerprint density at radius 2 is 1.73 bits per heavy atom. The number of halogens is 2. The van der Waals surface area contributed by atoms with Gasteiger partial charge in [-0.05, 0) is 42.0 Å². The summed E-state index contributed by atoms with van der Waals surface area (Å²) in [6.45, 7) is 0. The Kier molecular flexibility index (Phi) is 5.34. The van der Waals surface area contributed by atoms with Crippen molar-refractivity contribution >= 4 is 33.0 Å². The van der Waals surface area contributed by atoms with Gasteiger partial charge in [0, 0.05) is 0 Å². The number of aliphatic hydroxyl groups is 1. The standard InChI is InChI=1S/C15H14Cl2O4S/c1-21-11-3-5-12(6-4-11)22(19,20)9-15(18)10-2-7-13(16)14(17)8-10/h2-8,15,18H,9H2,1H3/t15-/m1/s1. The summed E-state index contributed by atoms with van der Waals surface area (Å²) >= 11 is 11.7. The van der Waals surface area contributed by atoms with Gasteiger partial charge in [-0.25, -0.2) is 8.42 Å². The largest absolute Gasteiger partial charge is 0.497 e. The Balaban J connectivity index is 2.21. The lowest BCUT2D eigenvalue weighted by Gasteiger charge is -2.13. The van der Waals surface area contributed by atoms with E-state index in [0.717, 1.165) is 0 Å². The van der Waals surface area contributed by atoms with Gasteiger partial charge in [0.2, 0.25) is 0 Å². The fourth-order valence-corrected chi connectivity index (χ4v) is 3.56. The van der Waals surface area contributed by atoms with Crippen LogP contribution in [0, 0.1) is 0 Å². The van der Waals surface area contributed by atoms with Crippen molar-refractivity contribution in [1.29, 1.82) is 0 Å². The molecular weight excluding hydrogens is 347 g/mol. The summed E-state index contributed by atoms with van der Waals surface area (Å²) in [6.07, 6.45) is -1.19. The van der Waals surface area contributed by atoms with Crippen LogP contribution < -0.4 is 4.74 Å². The molecule has 0 saturated carbocycles. The second-order valence-corrected chi connectivity index (χ2v) is 7.49. The van der Waals surface area contributed by atoms with E-state index >= 15 is 0 Å². The number of ether oxygens (including phenoxy) is 1. The van der Waals surface area contributed by atoms with Crippen LogP contribution in [0.1, 0.15) is 11.7 Å². The van der Waals surface area contributed by atoms with Crippen molar-refractivity contribution in [3.8, 4) is 5.75 Å². The molecule has 22 heavy (non-hydrogen) atoms. The topological polar surface area (TPSA) is 63.6 Å². The first-order valence-corrected chi connectivity index (χ1v) is 8.74. The molecule has 0 radical (unpaired) electrons. The molecule has 0 unspecified atom stereocenters. The Labute approximate surface area is 139 Å². The fourth-order valence-electron chi connectivity index (χ4n) is 1.90. The zero-order valence-electron chi connectivity index (χ0n) is 11.7. The maximum atomic E-state index is 12.3. The van der Waals surface area contributed by atoms with E-state index in [2.05, 4.69) is 0 Å². The van der Waals surface area contributed by atoms with Crippen molar-refractivity contribution in [2.45, 2.75) is 11.0 Å². The lowest BCUT2D eigenvalue weighted by atomic mass is 10.1. The minimum Gasteiger partial charge on any atom is -0.497 e. The summed E-state index contributed by atoms with van der Waals surface area (Å²) in [5.41, 5.74) is 0.395. The summed E-state index contributed by atoms with van der Waals surface area (Å²) in [7, 11) is -2.14. The number of aliphatic hydroxyl groups excluding tert-OH is 1. The van der Waals surface area contributed by atoms with E-state index in [-0.39, 0.29) is 9.92 Å². The van der Waals surface area contributed by atoms with Crippen LogP contribution in [0.25, 0.3) is 0 Å². The molecule has 0 saturated heterocycles. The van der Waals surface area contributed by atoms with Crippen molar-refractivity contribution in [1.82, 2.24) is 0 Å². The lowest BCUT2D eigenvalue weighted by molar-refractivity contribution is 0.201. The highest BCUT2D eigenvalue weighted by Crippen LogP contribution is 2.27. The smallest absolute Gasteiger partial charge is 0.181 e. The van der Waals surface area contributed by atoms with E-state index in [1.54, 1.807) is 18.2 Å². The molecular formula is C15H14Cl2O4S.